The zero-order valence-corrected chi connectivity index (χ0v) is 19.5. The Morgan fingerprint density at radius 3 is 2.24 bits per heavy atom. The molecule has 4 rings (SSSR count). The zero-order chi connectivity index (χ0) is 23.5. The number of carboxylic acid groups (broad SMARTS) is 1. The van der Waals surface area contributed by atoms with Crippen molar-refractivity contribution in [3.8, 4) is 16.9 Å². The third-order valence-electron chi connectivity index (χ3n) is 5.14. The minimum Gasteiger partial charge on any atom is -0.478 e. The molecule has 1 heterocycles. The second-order valence-electron chi connectivity index (χ2n) is 7.66. The van der Waals surface area contributed by atoms with E-state index in [1.165, 1.54) is 0 Å². The van der Waals surface area contributed by atoms with Crippen LogP contribution in [0.1, 0.15) is 11.3 Å². The van der Waals surface area contributed by atoms with Crippen molar-refractivity contribution < 1.29 is 9.90 Å². The molecular weight excluding hydrogens is 457 g/mol. The SMILES string of the molecule is CN(C)c1ccc(-c2cc(/C=C(\C(=O)O)c3cccc(Cl)c3)nn2-c2ccc(Cl)cc2)cc1. The lowest BCUT2D eigenvalue weighted by Crippen LogP contribution is -2.08. The van der Waals surface area contributed by atoms with Gasteiger partial charge >= 0.3 is 5.97 Å². The second kappa shape index (κ2) is 9.53. The van der Waals surface area contributed by atoms with E-state index in [0.717, 1.165) is 22.6 Å². The van der Waals surface area contributed by atoms with Gasteiger partial charge in [0.25, 0.3) is 0 Å². The van der Waals surface area contributed by atoms with Crippen LogP contribution in [0, 0.1) is 0 Å². The monoisotopic (exact) mass is 477 g/mol. The maximum atomic E-state index is 12.0. The molecule has 4 aromatic rings. The molecule has 5 nitrogen and oxygen atoms in total. The van der Waals surface area contributed by atoms with Gasteiger partial charge in [0.05, 0.1) is 22.6 Å². The highest BCUT2D eigenvalue weighted by atomic mass is 35.5. The molecule has 0 saturated carbocycles. The Kier molecular flexibility index (Phi) is 6.54. The third-order valence-corrected chi connectivity index (χ3v) is 5.62. The highest BCUT2D eigenvalue weighted by Gasteiger charge is 2.16. The number of benzene rings is 3. The van der Waals surface area contributed by atoms with Gasteiger partial charge in [0, 0.05) is 35.4 Å². The van der Waals surface area contributed by atoms with Gasteiger partial charge in [0.1, 0.15) is 0 Å². The van der Waals surface area contributed by atoms with Crippen LogP contribution in [0.15, 0.2) is 78.9 Å². The second-order valence-corrected chi connectivity index (χ2v) is 8.53. The quantitative estimate of drug-likeness (QED) is 0.320. The molecule has 0 aliphatic carbocycles. The molecule has 0 saturated heterocycles. The molecule has 0 bridgehead atoms. The molecule has 0 amide bonds. The van der Waals surface area contributed by atoms with E-state index < -0.39 is 5.97 Å². The van der Waals surface area contributed by atoms with Gasteiger partial charge in [-0.2, -0.15) is 5.10 Å². The van der Waals surface area contributed by atoms with Crippen LogP contribution in [0.3, 0.4) is 0 Å². The number of hydrogen-bond acceptors (Lipinski definition) is 3. The molecule has 33 heavy (non-hydrogen) atoms. The van der Waals surface area contributed by atoms with Crippen molar-refractivity contribution in [2.24, 2.45) is 0 Å². The molecule has 0 radical (unpaired) electrons. The standard InChI is InChI=1S/C26H21Cl2N3O2/c1-30(2)22-10-6-17(7-11-22)25-16-21(29-31(25)23-12-8-19(27)9-13-23)15-24(26(32)33)18-4-3-5-20(28)14-18/h3-16H,1-2H3,(H,32,33)/b24-15-. The zero-order valence-electron chi connectivity index (χ0n) is 18.0. The van der Waals surface area contributed by atoms with Crippen LogP contribution in [0.25, 0.3) is 28.6 Å². The Hall–Kier alpha value is -3.54. The minimum absolute atomic E-state index is 0.104. The van der Waals surface area contributed by atoms with Gasteiger partial charge in [-0.3, -0.25) is 0 Å². The van der Waals surface area contributed by atoms with E-state index in [2.05, 4.69) is 0 Å². The number of aliphatic carboxylic acids is 1. The topological polar surface area (TPSA) is 58.4 Å². The van der Waals surface area contributed by atoms with Crippen molar-refractivity contribution in [3.63, 3.8) is 0 Å². The minimum atomic E-state index is -1.06. The summed E-state index contributed by atoms with van der Waals surface area (Å²) in [5, 5.41) is 15.6. The number of carbonyl (C=O) groups is 1. The van der Waals surface area contributed by atoms with E-state index in [9.17, 15) is 9.90 Å². The number of nitrogens with zero attached hydrogens (tertiary/aromatic N) is 3. The van der Waals surface area contributed by atoms with Gasteiger partial charge < -0.3 is 10.0 Å². The molecule has 0 spiro atoms. The summed E-state index contributed by atoms with van der Waals surface area (Å²) in [4.78, 5) is 14.0. The molecule has 0 aliphatic heterocycles. The average Bonchev–Trinajstić information content (AvgIpc) is 3.22. The first-order valence-corrected chi connectivity index (χ1v) is 10.9. The third kappa shape index (κ3) is 5.11. The van der Waals surface area contributed by atoms with E-state index in [-0.39, 0.29) is 5.57 Å². The van der Waals surface area contributed by atoms with Crippen LogP contribution in [0.5, 0.6) is 0 Å². The number of hydrogen-bond donors (Lipinski definition) is 1. The largest absolute Gasteiger partial charge is 0.478 e. The lowest BCUT2D eigenvalue weighted by Gasteiger charge is -2.13. The van der Waals surface area contributed by atoms with Crippen LogP contribution in [-0.2, 0) is 4.79 Å². The fourth-order valence-electron chi connectivity index (χ4n) is 3.46. The summed E-state index contributed by atoms with van der Waals surface area (Å²) >= 11 is 12.2. The van der Waals surface area contributed by atoms with Crippen LogP contribution >= 0.6 is 23.2 Å². The highest BCUT2D eigenvalue weighted by Crippen LogP contribution is 2.29. The summed E-state index contributed by atoms with van der Waals surface area (Å²) in [5.74, 6) is -1.06. The van der Waals surface area contributed by atoms with E-state index in [1.807, 2.05) is 61.5 Å². The predicted molar refractivity (Wildman–Crippen MR) is 135 cm³/mol. The van der Waals surface area contributed by atoms with Crippen molar-refractivity contribution in [2.75, 3.05) is 19.0 Å². The molecule has 3 aromatic carbocycles. The Bertz CT molecular complexity index is 1320. The number of halogens is 2. The lowest BCUT2D eigenvalue weighted by molar-refractivity contribution is -0.130. The number of anilines is 1. The first-order valence-electron chi connectivity index (χ1n) is 10.2. The molecule has 0 fully saturated rings. The predicted octanol–water partition coefficient (Wildman–Crippen LogP) is 6.54. The summed E-state index contributed by atoms with van der Waals surface area (Å²) in [6.07, 6.45) is 1.55. The molecule has 0 aliphatic rings. The van der Waals surface area contributed by atoms with Crippen molar-refractivity contribution >= 4 is 46.5 Å². The Labute approximate surface area is 202 Å². The Morgan fingerprint density at radius 1 is 0.939 bits per heavy atom. The van der Waals surface area contributed by atoms with Gasteiger partial charge in [-0.05, 0) is 66.2 Å². The van der Waals surface area contributed by atoms with E-state index in [0.29, 0.717) is 21.3 Å². The fourth-order valence-corrected chi connectivity index (χ4v) is 3.77. The van der Waals surface area contributed by atoms with E-state index in [1.54, 1.807) is 47.2 Å². The average molecular weight is 478 g/mol. The molecular formula is C26H21Cl2N3O2. The smallest absolute Gasteiger partial charge is 0.336 e. The molecule has 0 atom stereocenters. The lowest BCUT2D eigenvalue weighted by atomic mass is 10.0. The number of rotatable bonds is 6. The van der Waals surface area contributed by atoms with Gasteiger partial charge in [-0.15, -0.1) is 0 Å². The van der Waals surface area contributed by atoms with Gasteiger partial charge in [0.15, 0.2) is 0 Å². The highest BCUT2D eigenvalue weighted by molar-refractivity contribution is 6.31. The van der Waals surface area contributed by atoms with Crippen LogP contribution in [0.2, 0.25) is 10.0 Å². The van der Waals surface area contributed by atoms with Crippen molar-refractivity contribution in [2.45, 2.75) is 0 Å². The van der Waals surface area contributed by atoms with Gasteiger partial charge in [-0.25, -0.2) is 9.48 Å². The summed E-state index contributed by atoms with van der Waals surface area (Å²) in [6, 6.07) is 24.0. The van der Waals surface area contributed by atoms with E-state index >= 15 is 0 Å². The van der Waals surface area contributed by atoms with Crippen LogP contribution in [-0.4, -0.2) is 35.0 Å². The van der Waals surface area contributed by atoms with Crippen molar-refractivity contribution in [1.29, 1.82) is 0 Å². The summed E-state index contributed by atoms with van der Waals surface area (Å²) in [7, 11) is 3.97. The summed E-state index contributed by atoms with van der Waals surface area (Å²) in [5.41, 5.74) is 4.78. The van der Waals surface area contributed by atoms with Crippen molar-refractivity contribution in [1.82, 2.24) is 9.78 Å². The Balaban J connectivity index is 1.86. The normalized spacial score (nSPS) is 11.5. The molecule has 0 unspecified atom stereocenters. The molecule has 1 aromatic heterocycles. The number of carboxylic acids is 1. The van der Waals surface area contributed by atoms with Crippen LogP contribution < -0.4 is 4.90 Å². The maximum Gasteiger partial charge on any atom is 0.336 e. The summed E-state index contributed by atoms with van der Waals surface area (Å²) in [6.45, 7) is 0. The van der Waals surface area contributed by atoms with Crippen molar-refractivity contribution in [3.05, 3.63) is 100 Å². The maximum absolute atomic E-state index is 12.0. The molecule has 1 N–H and O–H groups in total. The number of aromatic nitrogens is 2. The Morgan fingerprint density at radius 2 is 1.64 bits per heavy atom. The summed E-state index contributed by atoms with van der Waals surface area (Å²) < 4.78 is 1.78. The van der Waals surface area contributed by atoms with Crippen LogP contribution in [0.4, 0.5) is 5.69 Å². The van der Waals surface area contributed by atoms with Gasteiger partial charge in [-0.1, -0.05) is 47.5 Å². The van der Waals surface area contributed by atoms with E-state index in [4.69, 9.17) is 28.3 Å². The fraction of sp³-hybridized carbons (Fsp3) is 0.0769. The molecule has 166 valence electrons. The first kappa shape index (κ1) is 22.6. The molecule has 7 heteroatoms. The first-order chi connectivity index (χ1) is 15.8. The van der Waals surface area contributed by atoms with Gasteiger partial charge in [0.2, 0.25) is 0 Å².